The van der Waals surface area contributed by atoms with Crippen LogP contribution in [0.1, 0.15) is 41.8 Å². The molecular weight excluding hydrogens is 330 g/mol. The molecule has 0 unspecified atom stereocenters. The summed E-state index contributed by atoms with van der Waals surface area (Å²) in [5.74, 6) is 0.599. The molecule has 0 aliphatic carbocycles. The molecule has 0 spiro atoms. The van der Waals surface area contributed by atoms with E-state index in [0.717, 1.165) is 22.6 Å². The summed E-state index contributed by atoms with van der Waals surface area (Å²) in [7, 11) is 0. The largest absolute Gasteiger partial charge is 0.494 e. The molecule has 0 heterocycles. The van der Waals surface area contributed by atoms with Crippen molar-refractivity contribution in [2.75, 3.05) is 18.5 Å². The number of ketones is 1. The van der Waals surface area contributed by atoms with Crippen LogP contribution in [0.3, 0.4) is 0 Å². The maximum absolute atomic E-state index is 11.2. The lowest BCUT2D eigenvalue weighted by molar-refractivity contribution is -0.118. The zero-order chi connectivity index (χ0) is 19.5. The van der Waals surface area contributed by atoms with Crippen LogP contribution in [0.2, 0.25) is 0 Å². The first-order valence-electron chi connectivity index (χ1n) is 8.65. The van der Waals surface area contributed by atoms with E-state index in [0.29, 0.717) is 13.0 Å². The molecule has 0 aromatic heterocycles. The van der Waals surface area contributed by atoms with Gasteiger partial charge < -0.3 is 15.2 Å². The number of aliphatic hydroxyl groups excluding tert-OH is 1. The van der Waals surface area contributed by atoms with Crippen molar-refractivity contribution >= 4 is 17.4 Å². The van der Waals surface area contributed by atoms with Crippen LogP contribution in [0, 0.1) is 13.8 Å². The zero-order valence-electron chi connectivity index (χ0n) is 15.8. The molecule has 0 fully saturated rings. The highest BCUT2D eigenvalue weighted by Crippen LogP contribution is 2.14. The Bertz CT molecular complexity index is 723. The summed E-state index contributed by atoms with van der Waals surface area (Å²) in [5.41, 5.74) is 3.78. The lowest BCUT2D eigenvalue weighted by Crippen LogP contribution is -2.15. The first-order valence-corrected chi connectivity index (χ1v) is 8.65. The summed E-state index contributed by atoms with van der Waals surface area (Å²) in [6.45, 7) is 7.95. The van der Waals surface area contributed by atoms with E-state index in [1.807, 2.05) is 58.0 Å². The number of aryl methyl sites for hydroxylation is 2. The first-order chi connectivity index (χ1) is 12.4. The number of ether oxygens (including phenoxy) is 1. The number of anilines is 1. The fourth-order valence-electron chi connectivity index (χ4n) is 2.13. The Balaban J connectivity index is 0.000000260. The summed E-state index contributed by atoms with van der Waals surface area (Å²) in [6, 6.07) is 12.9. The van der Waals surface area contributed by atoms with Gasteiger partial charge in [-0.15, -0.1) is 0 Å². The maximum Gasteiger partial charge on any atom is 0.250 e. The summed E-state index contributed by atoms with van der Waals surface area (Å²) in [4.78, 5) is 22.1. The van der Waals surface area contributed by atoms with Crippen LogP contribution in [0.4, 0.5) is 5.69 Å². The number of hydrogen-bond acceptors (Lipinski definition) is 4. The van der Waals surface area contributed by atoms with Crippen molar-refractivity contribution in [1.29, 1.82) is 0 Å². The van der Waals surface area contributed by atoms with Gasteiger partial charge in [-0.3, -0.25) is 9.59 Å². The van der Waals surface area contributed by atoms with E-state index in [1.165, 1.54) is 5.56 Å². The van der Waals surface area contributed by atoms with Crippen LogP contribution < -0.4 is 10.1 Å². The van der Waals surface area contributed by atoms with E-state index in [1.54, 1.807) is 12.1 Å². The Labute approximate surface area is 155 Å². The molecule has 2 aromatic rings. The van der Waals surface area contributed by atoms with Crippen molar-refractivity contribution in [3.8, 4) is 5.75 Å². The van der Waals surface area contributed by atoms with Crippen LogP contribution in [0.5, 0.6) is 5.75 Å². The van der Waals surface area contributed by atoms with Gasteiger partial charge in [-0.25, -0.2) is 0 Å². The molecule has 0 aliphatic heterocycles. The molecule has 0 saturated heterocycles. The maximum atomic E-state index is 11.2. The second-order valence-electron chi connectivity index (χ2n) is 5.74. The third kappa shape index (κ3) is 7.07. The predicted octanol–water partition coefficient (Wildman–Crippen LogP) is 3.91. The van der Waals surface area contributed by atoms with Gasteiger partial charge in [0.05, 0.1) is 6.61 Å². The molecule has 140 valence electrons. The van der Waals surface area contributed by atoms with E-state index >= 15 is 0 Å². The van der Waals surface area contributed by atoms with E-state index in [9.17, 15) is 9.59 Å². The molecule has 0 radical (unpaired) electrons. The highest BCUT2D eigenvalue weighted by atomic mass is 16.5. The smallest absolute Gasteiger partial charge is 0.250 e. The number of nitrogens with one attached hydrogen (secondary N) is 1. The first kappa shape index (κ1) is 21.4. The number of carbonyl (C=O) groups excluding carboxylic acids is 2. The SMILES string of the molecule is CCOc1ccc(C(=O)CC)cc1.Cc1ccc(NC(=O)CO)cc1C. The highest BCUT2D eigenvalue weighted by Gasteiger charge is 2.02. The van der Waals surface area contributed by atoms with Crippen LogP contribution in [-0.4, -0.2) is 30.0 Å². The second kappa shape index (κ2) is 11.1. The predicted molar refractivity (Wildman–Crippen MR) is 104 cm³/mol. The molecule has 2 rings (SSSR count). The van der Waals surface area contributed by atoms with Crippen molar-refractivity contribution in [3.05, 3.63) is 59.2 Å². The lowest BCUT2D eigenvalue weighted by atomic mass is 10.1. The summed E-state index contributed by atoms with van der Waals surface area (Å²) in [6.07, 6.45) is 0.550. The van der Waals surface area contributed by atoms with E-state index in [4.69, 9.17) is 9.84 Å². The van der Waals surface area contributed by atoms with Gasteiger partial charge in [0.15, 0.2) is 5.78 Å². The quantitative estimate of drug-likeness (QED) is 0.769. The minimum Gasteiger partial charge on any atom is -0.494 e. The van der Waals surface area contributed by atoms with Crippen molar-refractivity contribution < 1.29 is 19.4 Å². The van der Waals surface area contributed by atoms with Crippen molar-refractivity contribution in [2.45, 2.75) is 34.1 Å². The van der Waals surface area contributed by atoms with Gasteiger partial charge in [-0.1, -0.05) is 13.0 Å². The zero-order valence-corrected chi connectivity index (χ0v) is 15.8. The molecule has 0 bridgehead atoms. The number of hydrogen-bond donors (Lipinski definition) is 2. The number of Topliss-reactive ketones (excluding diaryl/α,β-unsaturated/α-hetero) is 1. The van der Waals surface area contributed by atoms with Crippen LogP contribution in [0.25, 0.3) is 0 Å². The van der Waals surface area contributed by atoms with E-state index in [-0.39, 0.29) is 11.7 Å². The van der Waals surface area contributed by atoms with Crippen molar-refractivity contribution in [3.63, 3.8) is 0 Å². The fourth-order valence-corrected chi connectivity index (χ4v) is 2.13. The van der Waals surface area contributed by atoms with Crippen LogP contribution in [-0.2, 0) is 4.79 Å². The van der Waals surface area contributed by atoms with Crippen molar-refractivity contribution in [2.24, 2.45) is 0 Å². The average Bonchev–Trinajstić information content (AvgIpc) is 2.65. The van der Waals surface area contributed by atoms with Gasteiger partial charge in [-0.05, 0) is 68.3 Å². The van der Waals surface area contributed by atoms with Gasteiger partial charge in [0.2, 0.25) is 5.91 Å². The number of benzene rings is 2. The van der Waals surface area contributed by atoms with E-state index in [2.05, 4.69) is 5.32 Å². The molecule has 0 atom stereocenters. The lowest BCUT2D eigenvalue weighted by Gasteiger charge is -2.05. The summed E-state index contributed by atoms with van der Waals surface area (Å²) < 4.78 is 5.26. The Hall–Kier alpha value is -2.66. The second-order valence-corrected chi connectivity index (χ2v) is 5.74. The molecule has 2 N–H and O–H groups in total. The molecule has 5 nitrogen and oxygen atoms in total. The standard InChI is InChI=1S/C11H14O2.C10H13NO2/c1-3-11(12)9-5-7-10(8-6-9)13-4-2;1-7-3-4-9(5-8(7)2)11-10(13)6-12/h5-8H,3-4H2,1-2H3;3-5,12H,6H2,1-2H3,(H,11,13). The molecule has 0 aliphatic rings. The van der Waals surface area contributed by atoms with Gasteiger partial charge >= 0.3 is 0 Å². The molecule has 5 heteroatoms. The van der Waals surface area contributed by atoms with E-state index < -0.39 is 6.61 Å². The van der Waals surface area contributed by atoms with Crippen molar-refractivity contribution in [1.82, 2.24) is 0 Å². The number of rotatable bonds is 6. The Morgan fingerprint density at radius 3 is 2.15 bits per heavy atom. The molecule has 26 heavy (non-hydrogen) atoms. The molecular formula is C21H27NO4. The minimum atomic E-state index is -0.479. The Morgan fingerprint density at radius 1 is 1.00 bits per heavy atom. The Kier molecular flexibility index (Phi) is 9.09. The normalized spacial score (nSPS) is 9.73. The molecule has 1 amide bonds. The third-order valence-electron chi connectivity index (χ3n) is 3.74. The fraction of sp³-hybridized carbons (Fsp3) is 0.333. The van der Waals surface area contributed by atoms with Gasteiger partial charge in [0.25, 0.3) is 0 Å². The van der Waals surface area contributed by atoms with Crippen LogP contribution in [0.15, 0.2) is 42.5 Å². The Morgan fingerprint density at radius 2 is 1.65 bits per heavy atom. The van der Waals surface area contributed by atoms with Gasteiger partial charge in [0.1, 0.15) is 12.4 Å². The highest BCUT2D eigenvalue weighted by molar-refractivity contribution is 5.95. The molecule has 0 saturated carbocycles. The topological polar surface area (TPSA) is 75.6 Å². The number of amides is 1. The summed E-state index contributed by atoms with van der Waals surface area (Å²) >= 11 is 0. The van der Waals surface area contributed by atoms with Gasteiger partial charge in [-0.2, -0.15) is 0 Å². The number of carbonyl (C=O) groups is 2. The van der Waals surface area contributed by atoms with Crippen LogP contribution >= 0.6 is 0 Å². The minimum absolute atomic E-state index is 0.169. The monoisotopic (exact) mass is 357 g/mol. The molecule has 2 aromatic carbocycles. The van der Waals surface area contributed by atoms with Gasteiger partial charge in [0, 0.05) is 17.7 Å². The summed E-state index contributed by atoms with van der Waals surface area (Å²) in [5, 5.41) is 11.1. The number of aliphatic hydroxyl groups is 1. The average molecular weight is 357 g/mol. The third-order valence-corrected chi connectivity index (χ3v) is 3.74.